The predicted octanol–water partition coefficient (Wildman–Crippen LogP) is 4.28. The monoisotopic (exact) mass is 374 g/mol. The largest absolute Gasteiger partial charge is 0.490 e. The Morgan fingerprint density at radius 3 is 2.46 bits per heavy atom. The van der Waals surface area contributed by atoms with E-state index < -0.39 is 0 Å². The summed E-state index contributed by atoms with van der Waals surface area (Å²) in [7, 11) is 2.05. The van der Waals surface area contributed by atoms with Gasteiger partial charge in [-0.1, -0.05) is 36.4 Å². The molecule has 1 aromatic heterocycles. The van der Waals surface area contributed by atoms with E-state index in [0.717, 1.165) is 49.9 Å². The van der Waals surface area contributed by atoms with Crippen molar-refractivity contribution in [2.75, 3.05) is 13.1 Å². The van der Waals surface area contributed by atoms with Crippen molar-refractivity contribution < 1.29 is 9.53 Å². The van der Waals surface area contributed by atoms with Crippen molar-refractivity contribution in [3.63, 3.8) is 0 Å². The summed E-state index contributed by atoms with van der Waals surface area (Å²) in [5.41, 5.74) is 2.10. The second-order valence-electron chi connectivity index (χ2n) is 8.17. The van der Waals surface area contributed by atoms with E-state index in [1.165, 1.54) is 11.1 Å². The molecule has 0 N–H and O–H groups in total. The number of aryl methyl sites for hydroxylation is 1. The Balaban J connectivity index is 1.25. The number of hydrogen-bond donors (Lipinski definition) is 0. The number of carbonyl (C=O) groups is 1. The fourth-order valence-corrected chi connectivity index (χ4v) is 4.54. The number of hydrogen-bond acceptors (Lipinski definition) is 2. The zero-order chi connectivity index (χ0) is 19.1. The van der Waals surface area contributed by atoms with Gasteiger partial charge in [0.05, 0.1) is 10.9 Å². The van der Waals surface area contributed by atoms with Gasteiger partial charge >= 0.3 is 0 Å². The minimum atomic E-state index is -0.259. The minimum Gasteiger partial charge on any atom is -0.490 e. The third-order valence-corrected chi connectivity index (χ3v) is 6.40. The molecule has 4 heteroatoms. The molecule has 5 rings (SSSR count). The van der Waals surface area contributed by atoms with Crippen LogP contribution in [-0.4, -0.2) is 34.6 Å². The Hall–Kier alpha value is -2.75. The van der Waals surface area contributed by atoms with Crippen molar-refractivity contribution >= 4 is 16.8 Å². The predicted molar refractivity (Wildman–Crippen MR) is 111 cm³/mol. The van der Waals surface area contributed by atoms with Crippen molar-refractivity contribution in [1.82, 2.24) is 9.47 Å². The zero-order valence-electron chi connectivity index (χ0n) is 16.3. The first kappa shape index (κ1) is 17.4. The molecule has 0 radical (unpaired) electrons. The molecule has 1 aliphatic carbocycles. The second-order valence-corrected chi connectivity index (χ2v) is 8.17. The van der Waals surface area contributed by atoms with E-state index in [1.54, 1.807) is 0 Å². The van der Waals surface area contributed by atoms with Gasteiger partial charge in [0.2, 0.25) is 5.91 Å². The van der Waals surface area contributed by atoms with Crippen LogP contribution in [0, 0.1) is 0 Å². The number of benzene rings is 2. The van der Waals surface area contributed by atoms with Gasteiger partial charge in [-0.05, 0) is 36.6 Å². The molecule has 2 heterocycles. The first-order valence-corrected chi connectivity index (χ1v) is 10.2. The lowest BCUT2D eigenvalue weighted by Gasteiger charge is -2.34. The smallest absolute Gasteiger partial charge is 0.233 e. The quantitative estimate of drug-likeness (QED) is 0.683. The van der Waals surface area contributed by atoms with Gasteiger partial charge in [0.15, 0.2) is 0 Å². The number of piperidine rings is 1. The molecular weight excluding hydrogens is 348 g/mol. The normalized spacial score (nSPS) is 19.0. The SMILES string of the molecule is Cn1ccc2c(OC3CCN(C(=O)C4(c5ccccc5)CC4)CC3)cccc21. The van der Waals surface area contributed by atoms with E-state index in [0.29, 0.717) is 5.91 Å². The number of rotatable bonds is 4. The second kappa shape index (κ2) is 6.69. The van der Waals surface area contributed by atoms with Crippen molar-refractivity contribution in [1.29, 1.82) is 0 Å². The molecule has 4 nitrogen and oxygen atoms in total. The highest BCUT2D eigenvalue weighted by atomic mass is 16.5. The van der Waals surface area contributed by atoms with Crippen LogP contribution in [0.15, 0.2) is 60.8 Å². The summed E-state index contributed by atoms with van der Waals surface area (Å²) >= 11 is 0. The fourth-order valence-electron chi connectivity index (χ4n) is 4.54. The third kappa shape index (κ3) is 2.88. The van der Waals surface area contributed by atoms with Gasteiger partial charge in [-0.3, -0.25) is 4.79 Å². The Morgan fingerprint density at radius 1 is 1.00 bits per heavy atom. The number of carbonyl (C=O) groups excluding carboxylic acids is 1. The summed E-state index contributed by atoms with van der Waals surface area (Å²) in [6, 6.07) is 18.6. The Labute approximate surface area is 165 Å². The summed E-state index contributed by atoms with van der Waals surface area (Å²) in [4.78, 5) is 15.3. The molecule has 2 fully saturated rings. The fraction of sp³-hybridized carbons (Fsp3) is 0.375. The summed E-state index contributed by atoms with van der Waals surface area (Å²) < 4.78 is 8.46. The number of fused-ring (bicyclic) bond motifs is 1. The highest BCUT2D eigenvalue weighted by molar-refractivity contribution is 5.91. The van der Waals surface area contributed by atoms with E-state index >= 15 is 0 Å². The molecule has 1 amide bonds. The van der Waals surface area contributed by atoms with Crippen LogP contribution >= 0.6 is 0 Å². The van der Waals surface area contributed by atoms with Crippen LogP contribution < -0.4 is 4.74 Å². The summed E-state index contributed by atoms with van der Waals surface area (Å²) in [5, 5.41) is 1.16. The molecule has 0 atom stereocenters. The molecule has 144 valence electrons. The van der Waals surface area contributed by atoms with Crippen LogP contribution in [0.4, 0.5) is 0 Å². The lowest BCUT2D eigenvalue weighted by molar-refractivity contribution is -0.135. The van der Waals surface area contributed by atoms with Crippen LogP contribution in [-0.2, 0) is 17.3 Å². The minimum absolute atomic E-state index is 0.168. The maximum absolute atomic E-state index is 13.2. The molecule has 1 saturated heterocycles. The maximum Gasteiger partial charge on any atom is 0.233 e. The number of amides is 1. The maximum atomic E-state index is 13.2. The topological polar surface area (TPSA) is 34.5 Å². The summed E-state index contributed by atoms with van der Waals surface area (Å²) in [5.74, 6) is 1.26. The zero-order valence-corrected chi connectivity index (χ0v) is 16.3. The molecule has 0 unspecified atom stereocenters. The average Bonchev–Trinajstić information content (AvgIpc) is 3.47. The van der Waals surface area contributed by atoms with Crippen molar-refractivity contribution in [2.24, 2.45) is 7.05 Å². The van der Waals surface area contributed by atoms with Crippen LogP contribution in [0.5, 0.6) is 5.75 Å². The highest BCUT2D eigenvalue weighted by Crippen LogP contribution is 2.49. The van der Waals surface area contributed by atoms with Crippen LogP contribution in [0.2, 0.25) is 0 Å². The first-order valence-electron chi connectivity index (χ1n) is 10.2. The number of ether oxygens (including phenoxy) is 1. The summed E-state index contributed by atoms with van der Waals surface area (Å²) in [6.45, 7) is 1.56. The van der Waals surface area contributed by atoms with E-state index in [1.807, 2.05) is 24.3 Å². The molecule has 1 aliphatic heterocycles. The number of likely N-dealkylation sites (tertiary alicyclic amines) is 1. The van der Waals surface area contributed by atoms with Crippen LogP contribution in [0.1, 0.15) is 31.2 Å². The van der Waals surface area contributed by atoms with E-state index in [9.17, 15) is 4.79 Å². The van der Waals surface area contributed by atoms with Crippen LogP contribution in [0.25, 0.3) is 10.9 Å². The van der Waals surface area contributed by atoms with Gasteiger partial charge in [0.1, 0.15) is 11.9 Å². The molecule has 0 spiro atoms. The van der Waals surface area contributed by atoms with Crippen LogP contribution in [0.3, 0.4) is 0 Å². The van der Waals surface area contributed by atoms with Gasteiger partial charge in [-0.2, -0.15) is 0 Å². The molecule has 1 saturated carbocycles. The number of nitrogens with zero attached hydrogens (tertiary/aromatic N) is 2. The van der Waals surface area contributed by atoms with Crippen molar-refractivity contribution in [3.8, 4) is 5.75 Å². The van der Waals surface area contributed by atoms with Gasteiger partial charge in [-0.25, -0.2) is 0 Å². The van der Waals surface area contributed by atoms with E-state index in [2.05, 4.69) is 53.0 Å². The van der Waals surface area contributed by atoms with Crippen molar-refractivity contribution in [3.05, 3.63) is 66.4 Å². The molecule has 28 heavy (non-hydrogen) atoms. The molecule has 2 aliphatic rings. The van der Waals surface area contributed by atoms with E-state index in [4.69, 9.17) is 4.74 Å². The molecule has 3 aromatic rings. The highest BCUT2D eigenvalue weighted by Gasteiger charge is 2.53. The average molecular weight is 374 g/mol. The standard InChI is InChI=1S/C24H26N2O2/c1-25-15-12-20-21(25)8-5-9-22(20)28-19-10-16-26(17-11-19)23(27)24(13-14-24)18-6-3-2-4-7-18/h2-9,12,15,19H,10-11,13-14,16-17H2,1H3. The summed E-state index contributed by atoms with van der Waals surface area (Å²) in [6.07, 6.45) is 5.96. The number of aromatic nitrogens is 1. The lowest BCUT2D eigenvalue weighted by atomic mass is 9.93. The van der Waals surface area contributed by atoms with Gasteiger partial charge < -0.3 is 14.2 Å². The Kier molecular flexibility index (Phi) is 4.15. The Bertz CT molecular complexity index is 996. The van der Waals surface area contributed by atoms with Gasteiger partial charge in [0.25, 0.3) is 0 Å². The molecular formula is C24H26N2O2. The third-order valence-electron chi connectivity index (χ3n) is 6.40. The molecule has 2 aromatic carbocycles. The van der Waals surface area contributed by atoms with Gasteiger partial charge in [0, 0.05) is 44.6 Å². The first-order chi connectivity index (χ1) is 13.7. The Morgan fingerprint density at radius 2 is 1.75 bits per heavy atom. The van der Waals surface area contributed by atoms with E-state index in [-0.39, 0.29) is 11.5 Å². The van der Waals surface area contributed by atoms with Crippen molar-refractivity contribution in [2.45, 2.75) is 37.2 Å². The molecule has 0 bridgehead atoms. The van der Waals surface area contributed by atoms with Gasteiger partial charge in [-0.15, -0.1) is 0 Å². The lowest BCUT2D eigenvalue weighted by Crippen LogP contribution is -2.46.